The highest BCUT2D eigenvalue weighted by atomic mass is 35.5. The molecule has 1 aromatic rings. The number of hydrogen-bond donors (Lipinski definition) is 2. The summed E-state index contributed by atoms with van der Waals surface area (Å²) in [4.78, 5) is 11.5. The summed E-state index contributed by atoms with van der Waals surface area (Å²) in [5, 5.41) is 5.72. The number of ether oxygens (including phenoxy) is 2. The Hall–Kier alpha value is -1.46. The zero-order chi connectivity index (χ0) is 13.0. The smallest absolute Gasteiger partial charge is 0.234 e. The fourth-order valence-corrected chi connectivity index (χ4v) is 1.87. The maximum Gasteiger partial charge on any atom is 0.234 e. The van der Waals surface area contributed by atoms with Crippen LogP contribution in [-0.2, 0) is 4.79 Å². The second kappa shape index (κ2) is 7.21. The van der Waals surface area contributed by atoms with Crippen molar-refractivity contribution in [2.75, 3.05) is 26.8 Å². The summed E-state index contributed by atoms with van der Waals surface area (Å²) < 4.78 is 11.0. The summed E-state index contributed by atoms with van der Waals surface area (Å²) in [5.74, 6) is 1.48. The second-order valence-corrected chi connectivity index (χ2v) is 4.22. The lowest BCUT2D eigenvalue weighted by Gasteiger charge is -2.21. The molecule has 0 aromatic heterocycles. The number of likely N-dealkylation sites (N-methyl/N-ethyl adjacent to an activating group) is 1. The molecule has 0 saturated heterocycles. The van der Waals surface area contributed by atoms with Crippen LogP contribution in [0.5, 0.6) is 11.5 Å². The summed E-state index contributed by atoms with van der Waals surface area (Å²) in [5.41, 5.74) is 1.00. The van der Waals surface area contributed by atoms with Crippen molar-refractivity contribution in [2.45, 2.75) is 13.0 Å². The standard InChI is InChI=1S/C13H18N2O3.ClH/c1-9(15-13(16)8-14-2)10-3-4-11-12(7-10)18-6-5-17-11;/h3-4,7,9,14H,5-6,8H2,1-2H3,(H,15,16);1H. The number of halogens is 1. The monoisotopic (exact) mass is 286 g/mol. The normalized spacial score (nSPS) is 14.2. The molecular formula is C13H19ClN2O3. The van der Waals surface area contributed by atoms with Crippen LogP contribution in [0.4, 0.5) is 0 Å². The fraction of sp³-hybridized carbons (Fsp3) is 0.462. The third-order valence-corrected chi connectivity index (χ3v) is 2.78. The zero-order valence-corrected chi connectivity index (χ0v) is 11.9. The maximum absolute atomic E-state index is 11.5. The molecule has 19 heavy (non-hydrogen) atoms. The lowest BCUT2D eigenvalue weighted by atomic mass is 10.1. The van der Waals surface area contributed by atoms with Gasteiger partial charge in [0.2, 0.25) is 5.91 Å². The van der Waals surface area contributed by atoms with Crippen LogP contribution in [0, 0.1) is 0 Å². The van der Waals surface area contributed by atoms with E-state index >= 15 is 0 Å². The van der Waals surface area contributed by atoms with Gasteiger partial charge in [0.1, 0.15) is 13.2 Å². The highest BCUT2D eigenvalue weighted by molar-refractivity contribution is 5.85. The van der Waals surface area contributed by atoms with Crippen molar-refractivity contribution in [3.63, 3.8) is 0 Å². The average Bonchev–Trinajstić information content (AvgIpc) is 2.38. The Balaban J connectivity index is 0.00000180. The van der Waals surface area contributed by atoms with Crippen molar-refractivity contribution in [1.29, 1.82) is 0 Å². The largest absolute Gasteiger partial charge is 0.486 e. The van der Waals surface area contributed by atoms with Crippen LogP contribution in [0.3, 0.4) is 0 Å². The van der Waals surface area contributed by atoms with Crippen molar-refractivity contribution in [3.8, 4) is 11.5 Å². The fourth-order valence-electron chi connectivity index (χ4n) is 1.87. The first-order valence-corrected chi connectivity index (χ1v) is 6.04. The molecule has 1 heterocycles. The molecule has 106 valence electrons. The maximum atomic E-state index is 11.5. The minimum absolute atomic E-state index is 0. The van der Waals surface area contributed by atoms with Crippen molar-refractivity contribution in [1.82, 2.24) is 10.6 Å². The summed E-state index contributed by atoms with van der Waals surface area (Å²) in [6, 6.07) is 5.68. The third kappa shape index (κ3) is 4.01. The predicted octanol–water partition coefficient (Wildman–Crippen LogP) is 1.28. The minimum atomic E-state index is -0.0540. The van der Waals surface area contributed by atoms with Crippen LogP contribution in [-0.4, -0.2) is 32.7 Å². The van der Waals surface area contributed by atoms with E-state index in [0.717, 1.165) is 17.1 Å². The van der Waals surface area contributed by atoms with E-state index in [1.54, 1.807) is 7.05 Å². The van der Waals surface area contributed by atoms with Gasteiger partial charge in [-0.15, -0.1) is 12.4 Å². The van der Waals surface area contributed by atoms with Crippen LogP contribution >= 0.6 is 12.4 Å². The molecule has 1 aliphatic rings. The molecule has 1 aliphatic heterocycles. The number of nitrogens with one attached hydrogen (secondary N) is 2. The Morgan fingerprint density at radius 3 is 2.68 bits per heavy atom. The predicted molar refractivity (Wildman–Crippen MR) is 75.2 cm³/mol. The average molecular weight is 287 g/mol. The summed E-state index contributed by atoms with van der Waals surface area (Å²) in [6.07, 6.45) is 0. The van der Waals surface area contributed by atoms with E-state index in [0.29, 0.717) is 19.8 Å². The number of fused-ring (bicyclic) bond motifs is 1. The van der Waals surface area contributed by atoms with Gasteiger partial charge in [0.25, 0.3) is 0 Å². The molecule has 5 nitrogen and oxygen atoms in total. The highest BCUT2D eigenvalue weighted by Gasteiger charge is 2.15. The van der Waals surface area contributed by atoms with Crippen LogP contribution in [0.1, 0.15) is 18.5 Å². The topological polar surface area (TPSA) is 59.6 Å². The molecule has 0 fully saturated rings. The van der Waals surface area contributed by atoms with Gasteiger partial charge in [0, 0.05) is 0 Å². The van der Waals surface area contributed by atoms with Crippen LogP contribution in [0.25, 0.3) is 0 Å². The molecule has 1 aromatic carbocycles. The SMILES string of the molecule is CNCC(=O)NC(C)c1ccc2c(c1)OCCO2.Cl. The molecule has 0 bridgehead atoms. The molecule has 1 unspecified atom stereocenters. The Morgan fingerprint density at radius 1 is 1.32 bits per heavy atom. The summed E-state index contributed by atoms with van der Waals surface area (Å²) in [6.45, 7) is 3.41. The van der Waals surface area contributed by atoms with Crippen LogP contribution < -0.4 is 20.1 Å². The third-order valence-electron chi connectivity index (χ3n) is 2.78. The molecular weight excluding hydrogens is 268 g/mol. The Bertz CT molecular complexity index is 440. The molecule has 2 rings (SSSR count). The minimum Gasteiger partial charge on any atom is -0.486 e. The molecule has 1 amide bonds. The van der Waals surface area contributed by atoms with Gasteiger partial charge in [-0.3, -0.25) is 4.79 Å². The van der Waals surface area contributed by atoms with Gasteiger partial charge in [-0.05, 0) is 31.7 Å². The lowest BCUT2D eigenvalue weighted by molar-refractivity contribution is -0.120. The number of carbonyl (C=O) groups excluding carboxylic acids is 1. The Morgan fingerprint density at radius 2 is 2.00 bits per heavy atom. The second-order valence-electron chi connectivity index (χ2n) is 4.22. The first kappa shape index (κ1) is 15.6. The summed E-state index contributed by atoms with van der Waals surface area (Å²) in [7, 11) is 1.74. The number of carbonyl (C=O) groups is 1. The van der Waals surface area contributed by atoms with E-state index < -0.39 is 0 Å². The van der Waals surface area contributed by atoms with Gasteiger partial charge in [0.05, 0.1) is 12.6 Å². The quantitative estimate of drug-likeness (QED) is 0.875. The van der Waals surface area contributed by atoms with Crippen LogP contribution in [0.2, 0.25) is 0 Å². The van der Waals surface area contributed by atoms with E-state index in [2.05, 4.69) is 10.6 Å². The number of benzene rings is 1. The van der Waals surface area contributed by atoms with E-state index in [9.17, 15) is 4.79 Å². The molecule has 2 N–H and O–H groups in total. The number of rotatable bonds is 4. The lowest BCUT2D eigenvalue weighted by Crippen LogP contribution is -2.34. The molecule has 0 aliphatic carbocycles. The van der Waals surface area contributed by atoms with E-state index in [1.165, 1.54) is 0 Å². The van der Waals surface area contributed by atoms with Gasteiger partial charge in [0.15, 0.2) is 11.5 Å². The number of amides is 1. The zero-order valence-electron chi connectivity index (χ0n) is 11.1. The first-order valence-electron chi connectivity index (χ1n) is 6.04. The van der Waals surface area contributed by atoms with Crippen molar-refractivity contribution >= 4 is 18.3 Å². The van der Waals surface area contributed by atoms with Crippen molar-refractivity contribution < 1.29 is 14.3 Å². The van der Waals surface area contributed by atoms with E-state index in [1.807, 2.05) is 25.1 Å². The van der Waals surface area contributed by atoms with Crippen LogP contribution in [0.15, 0.2) is 18.2 Å². The Labute approximate surface area is 119 Å². The number of hydrogen-bond acceptors (Lipinski definition) is 4. The Kier molecular flexibility index (Phi) is 5.92. The summed E-state index contributed by atoms with van der Waals surface area (Å²) >= 11 is 0. The van der Waals surface area contributed by atoms with E-state index in [-0.39, 0.29) is 24.4 Å². The van der Waals surface area contributed by atoms with Crippen molar-refractivity contribution in [2.24, 2.45) is 0 Å². The van der Waals surface area contributed by atoms with Gasteiger partial charge in [-0.2, -0.15) is 0 Å². The molecule has 0 saturated carbocycles. The first-order chi connectivity index (χ1) is 8.70. The van der Waals surface area contributed by atoms with Gasteiger partial charge >= 0.3 is 0 Å². The highest BCUT2D eigenvalue weighted by Crippen LogP contribution is 2.32. The molecule has 0 radical (unpaired) electrons. The van der Waals surface area contributed by atoms with E-state index in [4.69, 9.17) is 9.47 Å². The molecule has 6 heteroatoms. The van der Waals surface area contributed by atoms with Gasteiger partial charge < -0.3 is 20.1 Å². The van der Waals surface area contributed by atoms with Crippen molar-refractivity contribution in [3.05, 3.63) is 23.8 Å². The molecule has 1 atom stereocenters. The van der Waals surface area contributed by atoms with Gasteiger partial charge in [-0.1, -0.05) is 6.07 Å². The molecule has 0 spiro atoms. The van der Waals surface area contributed by atoms with Gasteiger partial charge in [-0.25, -0.2) is 0 Å².